The molecule has 1 saturated heterocycles. The van der Waals surface area contributed by atoms with Crippen molar-refractivity contribution in [2.45, 2.75) is 37.1 Å². The highest BCUT2D eigenvalue weighted by Crippen LogP contribution is 2.44. The third-order valence-corrected chi connectivity index (χ3v) is 6.60. The molecule has 0 N–H and O–H groups in total. The van der Waals surface area contributed by atoms with Gasteiger partial charge in [-0.1, -0.05) is 72.8 Å². The Labute approximate surface area is 167 Å². The van der Waals surface area contributed by atoms with Gasteiger partial charge in [-0.25, -0.2) is 0 Å². The Morgan fingerprint density at radius 2 is 1.71 bits per heavy atom. The first kappa shape index (κ1) is 17.6. The minimum atomic E-state index is -0.119. The zero-order chi connectivity index (χ0) is 19.3. The van der Waals surface area contributed by atoms with Crippen LogP contribution in [0.25, 0.3) is 0 Å². The Kier molecular flexibility index (Phi) is 4.11. The van der Waals surface area contributed by atoms with Crippen LogP contribution in [-0.4, -0.2) is 47.7 Å². The van der Waals surface area contributed by atoms with Gasteiger partial charge < -0.3 is 4.74 Å². The molecule has 3 aliphatic rings. The van der Waals surface area contributed by atoms with Crippen LogP contribution in [0.1, 0.15) is 18.1 Å². The third-order valence-electron chi connectivity index (χ3n) is 6.60. The highest BCUT2D eigenvalue weighted by Gasteiger charge is 2.55. The van der Waals surface area contributed by atoms with Crippen molar-refractivity contribution in [3.8, 4) is 0 Å². The number of allylic oxidation sites excluding steroid dienone is 2. The number of rotatable bonds is 3. The van der Waals surface area contributed by atoms with Crippen LogP contribution in [0.3, 0.4) is 0 Å². The predicted molar refractivity (Wildman–Crippen MR) is 113 cm³/mol. The van der Waals surface area contributed by atoms with Crippen LogP contribution in [0.15, 0.2) is 78.9 Å². The highest BCUT2D eigenvalue weighted by atomic mass is 16.5. The van der Waals surface area contributed by atoms with Crippen molar-refractivity contribution in [1.82, 2.24) is 4.90 Å². The van der Waals surface area contributed by atoms with Crippen LogP contribution in [0, 0.1) is 0 Å². The molecule has 0 radical (unpaired) electrons. The lowest BCUT2D eigenvalue weighted by atomic mass is 9.74. The zero-order valence-electron chi connectivity index (χ0n) is 16.7. The van der Waals surface area contributed by atoms with Crippen molar-refractivity contribution in [2.24, 2.45) is 0 Å². The van der Waals surface area contributed by atoms with E-state index in [1.54, 1.807) is 0 Å². The molecule has 5 rings (SSSR count). The molecule has 28 heavy (non-hydrogen) atoms. The molecule has 1 aliphatic carbocycles. The maximum absolute atomic E-state index is 6.61. The molecule has 0 amide bonds. The molecule has 2 aromatic rings. The Hall–Kier alpha value is -2.49. The fourth-order valence-corrected chi connectivity index (χ4v) is 5.23. The lowest BCUT2D eigenvalue weighted by Crippen LogP contribution is -2.48. The maximum Gasteiger partial charge on any atom is 0.213 e. The first-order chi connectivity index (χ1) is 13.6. The molecule has 142 valence electrons. The van der Waals surface area contributed by atoms with Crippen LogP contribution < -0.4 is 0 Å². The summed E-state index contributed by atoms with van der Waals surface area (Å²) < 4.78 is 8.97. The van der Waals surface area contributed by atoms with E-state index in [-0.39, 0.29) is 17.7 Å². The van der Waals surface area contributed by atoms with Crippen LogP contribution in [0.4, 0.5) is 5.69 Å². The first-order valence-corrected chi connectivity index (χ1v) is 10.1. The van der Waals surface area contributed by atoms with Gasteiger partial charge in [0, 0.05) is 11.6 Å². The maximum atomic E-state index is 6.61. The van der Waals surface area contributed by atoms with Crippen molar-refractivity contribution >= 4 is 11.4 Å². The largest absolute Gasteiger partial charge is 0.343 e. The molecule has 0 spiro atoms. The standard InChI is InChI=1S/C25H27N2O/c1-25(17-18-11-5-4-6-12-18)19-13-7-8-14-20(19)26(2)23(25)24-27(3)21-15-9-10-16-22(21)28-24/h4-16,21-22,24H,17H2,1-3H3/q+1. The van der Waals surface area contributed by atoms with E-state index >= 15 is 0 Å². The fourth-order valence-electron chi connectivity index (χ4n) is 5.23. The van der Waals surface area contributed by atoms with Gasteiger partial charge in [0.1, 0.15) is 7.05 Å². The lowest BCUT2D eigenvalue weighted by molar-refractivity contribution is -0.407. The summed E-state index contributed by atoms with van der Waals surface area (Å²) in [5, 5.41) is 0. The van der Waals surface area contributed by atoms with Crippen molar-refractivity contribution in [3.05, 3.63) is 90.0 Å². The normalized spacial score (nSPS) is 31.3. The molecule has 4 atom stereocenters. The van der Waals surface area contributed by atoms with E-state index in [4.69, 9.17) is 4.74 Å². The summed E-state index contributed by atoms with van der Waals surface area (Å²) in [6.45, 7) is 2.38. The van der Waals surface area contributed by atoms with E-state index in [0.29, 0.717) is 6.04 Å². The molecule has 2 aromatic carbocycles. The van der Waals surface area contributed by atoms with Crippen LogP contribution in [0.5, 0.6) is 0 Å². The van der Waals surface area contributed by atoms with Gasteiger partial charge >= 0.3 is 0 Å². The van der Waals surface area contributed by atoms with Crippen LogP contribution in [-0.2, 0) is 16.6 Å². The van der Waals surface area contributed by atoms with E-state index in [1.165, 1.54) is 22.5 Å². The van der Waals surface area contributed by atoms with Gasteiger partial charge in [0.2, 0.25) is 11.4 Å². The van der Waals surface area contributed by atoms with Crippen molar-refractivity contribution in [2.75, 3.05) is 14.1 Å². The molecule has 3 nitrogen and oxygen atoms in total. The first-order valence-electron chi connectivity index (χ1n) is 10.1. The van der Waals surface area contributed by atoms with Crippen molar-refractivity contribution in [1.29, 1.82) is 0 Å². The molecular weight excluding hydrogens is 344 g/mol. The van der Waals surface area contributed by atoms with Gasteiger partial charge in [-0.05, 0) is 26.0 Å². The summed E-state index contributed by atoms with van der Waals surface area (Å²) >= 11 is 0. The SMILES string of the molecule is CN1C(C2=[N+](C)c3ccccc3C2(C)Cc2ccccc2)OC2C=CC=CC21. The summed E-state index contributed by atoms with van der Waals surface area (Å²) in [5.41, 5.74) is 5.23. The van der Waals surface area contributed by atoms with Crippen molar-refractivity contribution < 1.29 is 9.31 Å². The van der Waals surface area contributed by atoms with Crippen LogP contribution >= 0.6 is 0 Å². The second-order valence-corrected chi connectivity index (χ2v) is 8.33. The summed E-state index contributed by atoms with van der Waals surface area (Å²) in [6.07, 6.45) is 9.68. The summed E-state index contributed by atoms with van der Waals surface area (Å²) in [6, 6.07) is 19.9. The summed E-state index contributed by atoms with van der Waals surface area (Å²) in [5.74, 6) is 0. The number of fused-ring (bicyclic) bond motifs is 2. The van der Waals surface area contributed by atoms with E-state index < -0.39 is 0 Å². The molecule has 1 fully saturated rings. The average Bonchev–Trinajstić information content (AvgIpc) is 3.15. The molecule has 0 bridgehead atoms. The second-order valence-electron chi connectivity index (χ2n) is 8.33. The molecule has 0 saturated carbocycles. The Bertz CT molecular complexity index is 991. The number of hydrogen-bond acceptors (Lipinski definition) is 2. The van der Waals surface area contributed by atoms with Gasteiger partial charge in [-0.2, -0.15) is 4.58 Å². The monoisotopic (exact) mass is 371 g/mol. The third kappa shape index (κ3) is 2.54. The minimum absolute atomic E-state index is 0.0477. The topological polar surface area (TPSA) is 15.5 Å². The molecule has 0 aromatic heterocycles. The minimum Gasteiger partial charge on any atom is -0.343 e. The predicted octanol–water partition coefficient (Wildman–Crippen LogP) is 4.07. The fraction of sp³-hybridized carbons (Fsp3) is 0.320. The van der Waals surface area contributed by atoms with Gasteiger partial charge in [-0.3, -0.25) is 4.90 Å². The smallest absolute Gasteiger partial charge is 0.213 e. The van der Waals surface area contributed by atoms with E-state index in [0.717, 1.165) is 6.42 Å². The molecule has 4 unspecified atom stereocenters. The number of para-hydroxylation sites is 1. The van der Waals surface area contributed by atoms with Gasteiger partial charge in [0.15, 0.2) is 6.23 Å². The van der Waals surface area contributed by atoms with Gasteiger partial charge in [-0.15, -0.1) is 0 Å². The number of likely N-dealkylation sites (N-methyl/N-ethyl adjacent to an activating group) is 1. The Morgan fingerprint density at radius 3 is 2.50 bits per heavy atom. The summed E-state index contributed by atoms with van der Waals surface area (Å²) in [7, 11) is 4.38. The molecule has 3 heteroatoms. The highest BCUT2D eigenvalue weighted by molar-refractivity contribution is 5.99. The van der Waals surface area contributed by atoms with Crippen molar-refractivity contribution in [3.63, 3.8) is 0 Å². The van der Waals surface area contributed by atoms with Gasteiger partial charge in [0.05, 0.1) is 17.6 Å². The number of benzene rings is 2. The zero-order valence-corrected chi connectivity index (χ0v) is 16.7. The van der Waals surface area contributed by atoms with E-state index in [2.05, 4.69) is 109 Å². The Balaban J connectivity index is 1.62. The average molecular weight is 372 g/mol. The number of hydrogen-bond donors (Lipinski definition) is 0. The molecule has 2 aliphatic heterocycles. The second kappa shape index (κ2) is 6.54. The van der Waals surface area contributed by atoms with E-state index in [9.17, 15) is 0 Å². The van der Waals surface area contributed by atoms with E-state index in [1.807, 2.05) is 0 Å². The molecule has 2 heterocycles. The Morgan fingerprint density at radius 1 is 1.00 bits per heavy atom. The summed E-state index contributed by atoms with van der Waals surface area (Å²) in [4.78, 5) is 2.38. The van der Waals surface area contributed by atoms with Crippen LogP contribution in [0.2, 0.25) is 0 Å². The number of nitrogens with zero attached hydrogens (tertiary/aromatic N) is 2. The number of ether oxygens (including phenoxy) is 1. The van der Waals surface area contributed by atoms with Gasteiger partial charge in [0.25, 0.3) is 0 Å². The molecular formula is C25H27N2O+. The quantitative estimate of drug-likeness (QED) is 0.756. The lowest BCUT2D eigenvalue weighted by Gasteiger charge is -2.29.